The molecule has 2 aliphatic heterocycles. The zero-order chi connectivity index (χ0) is 40.6. The molecule has 2 fully saturated rings. The predicted molar refractivity (Wildman–Crippen MR) is 184 cm³/mol. The van der Waals surface area contributed by atoms with Crippen LogP contribution >= 0.6 is 0 Å². The molecule has 0 aliphatic carbocycles. The van der Waals surface area contributed by atoms with Crippen LogP contribution in [0.3, 0.4) is 0 Å². The van der Waals surface area contributed by atoms with E-state index in [4.69, 9.17) is 28.1 Å². The minimum Gasteiger partial charge on any atom is -0.508 e. The van der Waals surface area contributed by atoms with E-state index in [-0.39, 0.29) is 16.7 Å². The number of carbonyl (C=O) groups is 1. The maximum atomic E-state index is 14.1. The van der Waals surface area contributed by atoms with Crippen molar-refractivity contribution >= 4 is 23.0 Å². The molecular formula is C36H36O20. The first kappa shape index (κ1) is 40.0. The molecule has 6 rings (SSSR count). The van der Waals surface area contributed by atoms with E-state index in [1.54, 1.807) is 0 Å². The number of aromatic hydroxyl groups is 6. The van der Waals surface area contributed by atoms with Crippen molar-refractivity contribution in [2.24, 2.45) is 0 Å². The molecule has 3 aromatic carbocycles. The lowest BCUT2D eigenvalue weighted by Crippen LogP contribution is -2.65. The number of ether oxygens (including phenoxy) is 5. The summed E-state index contributed by atoms with van der Waals surface area (Å²) < 4.78 is 34.0. The van der Waals surface area contributed by atoms with Crippen LogP contribution in [0.5, 0.6) is 40.2 Å². The maximum Gasteiger partial charge on any atom is 0.330 e. The maximum absolute atomic E-state index is 14.1. The minimum atomic E-state index is -2.11. The van der Waals surface area contributed by atoms with E-state index < -0.39 is 137 Å². The number of phenolic OH excluding ortho intramolecular Hbond substituents is 6. The van der Waals surface area contributed by atoms with E-state index in [0.717, 1.165) is 36.4 Å². The summed E-state index contributed by atoms with van der Waals surface area (Å²) in [6.07, 6.45) is -16.9. The Morgan fingerprint density at radius 3 is 2.05 bits per heavy atom. The first-order valence-corrected chi connectivity index (χ1v) is 16.6. The molecular weight excluding hydrogens is 752 g/mol. The minimum absolute atomic E-state index is 0.126. The first-order chi connectivity index (χ1) is 26.6. The molecule has 3 heterocycles. The largest absolute Gasteiger partial charge is 0.508 e. The van der Waals surface area contributed by atoms with E-state index in [0.29, 0.717) is 0 Å². The van der Waals surface area contributed by atoms with Crippen LogP contribution in [0.1, 0.15) is 5.56 Å². The molecule has 300 valence electrons. The lowest BCUT2D eigenvalue weighted by atomic mass is 9.97. The molecule has 10 atom stereocenters. The van der Waals surface area contributed by atoms with Crippen LogP contribution in [0.2, 0.25) is 0 Å². The number of phenols is 6. The highest BCUT2D eigenvalue weighted by atomic mass is 16.8. The van der Waals surface area contributed by atoms with Crippen LogP contribution in [0.4, 0.5) is 0 Å². The topological polar surface area (TPSA) is 336 Å². The fraction of sp³-hybridized carbons (Fsp3) is 0.333. The van der Waals surface area contributed by atoms with Crippen LogP contribution in [-0.4, -0.2) is 142 Å². The van der Waals surface area contributed by atoms with Gasteiger partial charge in [-0.25, -0.2) is 4.79 Å². The van der Waals surface area contributed by atoms with Crippen molar-refractivity contribution in [3.63, 3.8) is 0 Å². The molecule has 20 heteroatoms. The van der Waals surface area contributed by atoms with Gasteiger partial charge in [0.2, 0.25) is 17.5 Å². The molecule has 0 bridgehead atoms. The molecule has 2 saturated heterocycles. The Hall–Kier alpha value is -5.68. The standard InChI is InChI=1S/C36H36O20/c37-11-22-26(45)29(48)31(50)35(53-22)56-34-30(49)27(46)23(12-51-24(44)6-2-13-1-4-16(39)18(41)7-13)54-36(34)55-33-28(47)25-20(43)9-15(38)10-21(25)52-32(33)14-3-5-17(40)19(42)8-14/h1-10,22-23,26-27,29-31,34-43,45-46,48-50H,11-12H2/t22-,23-,26-,27-,29+,30+,31-,34-,35+,36+/m1/s1. The van der Waals surface area contributed by atoms with Gasteiger partial charge in [0.25, 0.3) is 0 Å². The van der Waals surface area contributed by atoms with E-state index in [1.807, 2.05) is 0 Å². The third-order valence-corrected chi connectivity index (χ3v) is 8.97. The highest BCUT2D eigenvalue weighted by Crippen LogP contribution is 2.40. The molecule has 4 aromatic rings. The summed E-state index contributed by atoms with van der Waals surface area (Å²) in [6.45, 7) is -1.66. The number of hydrogen-bond acceptors (Lipinski definition) is 20. The normalized spacial score (nSPS) is 28.0. The lowest BCUT2D eigenvalue weighted by Gasteiger charge is -2.45. The molecule has 0 unspecified atom stereocenters. The van der Waals surface area contributed by atoms with Gasteiger partial charge in [-0.3, -0.25) is 4.79 Å². The van der Waals surface area contributed by atoms with Crippen molar-refractivity contribution < 1.29 is 94.2 Å². The van der Waals surface area contributed by atoms with E-state index in [2.05, 4.69) is 0 Å². The molecule has 0 saturated carbocycles. The van der Waals surface area contributed by atoms with Gasteiger partial charge in [-0.2, -0.15) is 0 Å². The SMILES string of the molecule is O=C(C=Cc1ccc(O)c(O)c1)OC[C@H]1O[C@@H](Oc2c(-c3ccc(O)c(O)c3)oc3cc(O)cc(O)c3c2=O)[C@H](O[C@@H]2O[C@H](CO)[C@@H](O)[C@H](O)[C@H]2O)[C@@H](O)[C@@H]1O. The van der Waals surface area contributed by atoms with Crippen molar-refractivity contribution in [2.75, 3.05) is 13.2 Å². The second-order valence-corrected chi connectivity index (χ2v) is 12.8. The Bertz CT molecular complexity index is 2160. The van der Waals surface area contributed by atoms with Crippen LogP contribution in [0.15, 0.2) is 63.8 Å². The Kier molecular flexibility index (Phi) is 11.6. The van der Waals surface area contributed by atoms with Crippen LogP contribution in [0.25, 0.3) is 28.4 Å². The molecule has 12 N–H and O–H groups in total. The number of aliphatic hydroxyl groups excluding tert-OH is 6. The molecule has 56 heavy (non-hydrogen) atoms. The number of esters is 1. The average Bonchev–Trinajstić information content (AvgIpc) is 3.16. The summed E-state index contributed by atoms with van der Waals surface area (Å²) >= 11 is 0. The Balaban J connectivity index is 1.37. The number of aliphatic hydroxyl groups is 6. The molecule has 20 nitrogen and oxygen atoms in total. The summed E-state index contributed by atoms with van der Waals surface area (Å²) in [5.41, 5.74) is -1.34. The fourth-order valence-electron chi connectivity index (χ4n) is 5.98. The molecule has 0 radical (unpaired) electrons. The summed E-state index contributed by atoms with van der Waals surface area (Å²) in [5.74, 6) is -5.71. The molecule has 1 aromatic heterocycles. The van der Waals surface area contributed by atoms with Crippen LogP contribution in [-0.2, 0) is 23.7 Å². The van der Waals surface area contributed by atoms with Gasteiger partial charge >= 0.3 is 5.97 Å². The van der Waals surface area contributed by atoms with Gasteiger partial charge in [-0.05, 0) is 42.0 Å². The highest BCUT2D eigenvalue weighted by Gasteiger charge is 2.52. The third kappa shape index (κ3) is 8.00. The zero-order valence-corrected chi connectivity index (χ0v) is 28.6. The number of hydrogen-bond donors (Lipinski definition) is 12. The van der Waals surface area contributed by atoms with Crippen molar-refractivity contribution in [1.29, 1.82) is 0 Å². The van der Waals surface area contributed by atoms with E-state index in [9.17, 15) is 70.9 Å². The van der Waals surface area contributed by atoms with E-state index >= 15 is 0 Å². The fourth-order valence-corrected chi connectivity index (χ4v) is 5.98. The quantitative estimate of drug-likeness (QED) is 0.0519. The van der Waals surface area contributed by atoms with Crippen molar-refractivity contribution in [3.05, 3.63) is 70.4 Å². The Morgan fingerprint density at radius 1 is 0.714 bits per heavy atom. The lowest BCUT2D eigenvalue weighted by molar-refractivity contribution is -0.358. The van der Waals surface area contributed by atoms with Gasteiger partial charge in [-0.1, -0.05) is 6.07 Å². The van der Waals surface area contributed by atoms with Gasteiger partial charge in [0.1, 0.15) is 71.8 Å². The first-order valence-electron chi connectivity index (χ1n) is 16.6. The van der Waals surface area contributed by atoms with Gasteiger partial charge < -0.3 is 89.4 Å². The Labute approximate surface area is 313 Å². The predicted octanol–water partition coefficient (Wildman–Crippen LogP) is -1.04. The second-order valence-electron chi connectivity index (χ2n) is 12.8. The van der Waals surface area contributed by atoms with Gasteiger partial charge in [0.15, 0.2) is 41.2 Å². The number of benzene rings is 3. The zero-order valence-electron chi connectivity index (χ0n) is 28.6. The number of carbonyl (C=O) groups excluding carboxylic acids is 1. The van der Waals surface area contributed by atoms with Gasteiger partial charge in [-0.15, -0.1) is 0 Å². The van der Waals surface area contributed by atoms with Crippen LogP contribution in [0, 0.1) is 0 Å². The smallest absolute Gasteiger partial charge is 0.330 e. The van der Waals surface area contributed by atoms with Crippen molar-refractivity contribution in [1.82, 2.24) is 0 Å². The number of fused-ring (bicyclic) bond motifs is 1. The summed E-state index contributed by atoms with van der Waals surface area (Å²) in [7, 11) is 0. The molecule has 2 aliphatic rings. The second kappa shape index (κ2) is 16.2. The van der Waals surface area contributed by atoms with Gasteiger partial charge in [0, 0.05) is 23.8 Å². The summed E-state index contributed by atoms with van der Waals surface area (Å²) in [4.78, 5) is 26.7. The summed E-state index contributed by atoms with van der Waals surface area (Å²) in [6, 6.07) is 8.69. The summed E-state index contributed by atoms with van der Waals surface area (Å²) in [5, 5.41) is 123. The van der Waals surface area contributed by atoms with Crippen LogP contribution < -0.4 is 10.2 Å². The average molecular weight is 789 g/mol. The van der Waals surface area contributed by atoms with Crippen molar-refractivity contribution in [2.45, 2.75) is 61.4 Å². The molecule has 0 spiro atoms. The number of rotatable bonds is 10. The van der Waals surface area contributed by atoms with E-state index in [1.165, 1.54) is 24.3 Å². The molecule has 0 amide bonds. The highest BCUT2D eigenvalue weighted by molar-refractivity contribution is 5.88. The Morgan fingerprint density at radius 2 is 1.38 bits per heavy atom. The third-order valence-electron chi connectivity index (χ3n) is 8.97. The monoisotopic (exact) mass is 788 g/mol. The van der Waals surface area contributed by atoms with Gasteiger partial charge in [0.05, 0.1) is 6.61 Å². The van der Waals surface area contributed by atoms with Crippen molar-refractivity contribution in [3.8, 4) is 51.6 Å².